The van der Waals surface area contributed by atoms with Gasteiger partial charge in [0, 0.05) is 10.5 Å². The van der Waals surface area contributed by atoms with Gasteiger partial charge in [0.25, 0.3) is 0 Å². The summed E-state index contributed by atoms with van der Waals surface area (Å²) in [5.41, 5.74) is 4.06. The Hall–Kier alpha value is -0.870. The lowest BCUT2D eigenvalue weighted by atomic mass is 9.90. The zero-order chi connectivity index (χ0) is 9.97. The van der Waals surface area contributed by atoms with Crippen molar-refractivity contribution in [3.05, 3.63) is 28.8 Å². The van der Waals surface area contributed by atoms with Crippen molar-refractivity contribution in [2.75, 3.05) is 6.26 Å². The second-order valence-electron chi connectivity index (χ2n) is 3.67. The van der Waals surface area contributed by atoms with Gasteiger partial charge in [-0.1, -0.05) is 5.92 Å². The van der Waals surface area contributed by atoms with Crippen LogP contribution in [-0.4, -0.2) is 6.26 Å². The molecule has 0 unspecified atom stereocenters. The minimum absolute atomic E-state index is 1.07. The minimum Gasteiger partial charge on any atom is -0.128 e. The molecule has 0 N–H and O–H groups in total. The average Bonchev–Trinajstić information content (AvgIpc) is 2.27. The molecule has 1 aliphatic carbocycles. The van der Waals surface area contributed by atoms with Crippen LogP contribution < -0.4 is 0 Å². The molecule has 0 spiro atoms. The lowest BCUT2D eigenvalue weighted by Crippen LogP contribution is -2.03. The molecule has 1 heteroatoms. The Bertz CT molecular complexity index is 385. The number of benzene rings is 1. The van der Waals surface area contributed by atoms with Gasteiger partial charge in [-0.05, 0) is 55.2 Å². The molecule has 0 saturated heterocycles. The fourth-order valence-corrected chi connectivity index (χ4v) is 2.64. The maximum Gasteiger partial charge on any atom is 0.0381 e. The first-order valence-electron chi connectivity index (χ1n) is 5.01. The molecular formula is C13H14S. The second kappa shape index (κ2) is 4.11. The molecule has 0 aromatic heterocycles. The van der Waals surface area contributed by atoms with Crippen molar-refractivity contribution in [1.82, 2.24) is 0 Å². The number of terminal acetylenes is 1. The van der Waals surface area contributed by atoms with Gasteiger partial charge in [-0.2, -0.15) is 0 Å². The predicted molar refractivity (Wildman–Crippen MR) is 62.8 cm³/mol. The summed E-state index contributed by atoms with van der Waals surface area (Å²) < 4.78 is 0. The summed E-state index contributed by atoms with van der Waals surface area (Å²) in [6.07, 6.45) is 12.7. The standard InChI is InChI=1S/C13H14S/c1-3-10-8-11-6-4-5-7-12(11)9-13(10)14-2/h1,8-9H,4-7H2,2H3. The molecule has 0 fully saturated rings. The number of rotatable bonds is 1. The Morgan fingerprint density at radius 1 is 1.21 bits per heavy atom. The van der Waals surface area contributed by atoms with E-state index in [1.165, 1.54) is 41.7 Å². The van der Waals surface area contributed by atoms with E-state index in [1.807, 2.05) is 0 Å². The molecule has 14 heavy (non-hydrogen) atoms. The quantitative estimate of drug-likeness (QED) is 0.497. The summed E-state index contributed by atoms with van der Waals surface area (Å²) in [6.45, 7) is 0. The Balaban J connectivity index is 2.50. The SMILES string of the molecule is C#Cc1cc2c(cc1SC)CCCC2. The van der Waals surface area contributed by atoms with Gasteiger partial charge < -0.3 is 0 Å². The molecule has 2 rings (SSSR count). The fourth-order valence-electron chi connectivity index (χ4n) is 2.04. The van der Waals surface area contributed by atoms with Crippen LogP contribution in [0.5, 0.6) is 0 Å². The maximum absolute atomic E-state index is 5.50. The molecule has 0 heterocycles. The minimum atomic E-state index is 1.07. The predicted octanol–water partition coefficient (Wildman–Crippen LogP) is 3.27. The lowest BCUT2D eigenvalue weighted by molar-refractivity contribution is 0.683. The van der Waals surface area contributed by atoms with Crippen LogP contribution in [0.1, 0.15) is 29.5 Å². The van der Waals surface area contributed by atoms with Gasteiger partial charge in [0.05, 0.1) is 0 Å². The fraction of sp³-hybridized carbons (Fsp3) is 0.385. The van der Waals surface area contributed by atoms with E-state index < -0.39 is 0 Å². The molecule has 0 nitrogen and oxygen atoms in total. The third-order valence-corrected chi connectivity index (χ3v) is 3.60. The van der Waals surface area contributed by atoms with Crippen LogP contribution in [0.4, 0.5) is 0 Å². The first kappa shape index (κ1) is 9.68. The van der Waals surface area contributed by atoms with Gasteiger partial charge in [0.1, 0.15) is 0 Å². The smallest absolute Gasteiger partial charge is 0.0381 e. The van der Waals surface area contributed by atoms with Crippen molar-refractivity contribution in [3.63, 3.8) is 0 Å². The van der Waals surface area contributed by atoms with E-state index in [9.17, 15) is 0 Å². The summed E-state index contributed by atoms with van der Waals surface area (Å²) in [5, 5.41) is 0. The second-order valence-corrected chi connectivity index (χ2v) is 4.52. The van der Waals surface area contributed by atoms with Gasteiger partial charge in [-0.25, -0.2) is 0 Å². The van der Waals surface area contributed by atoms with E-state index in [0.29, 0.717) is 0 Å². The topological polar surface area (TPSA) is 0 Å². The van der Waals surface area contributed by atoms with Crippen LogP contribution in [0.3, 0.4) is 0 Å². The third kappa shape index (κ3) is 1.67. The molecular weight excluding hydrogens is 188 g/mol. The van der Waals surface area contributed by atoms with Crippen LogP contribution in [0.2, 0.25) is 0 Å². The maximum atomic E-state index is 5.50. The highest BCUT2D eigenvalue weighted by Crippen LogP contribution is 2.28. The number of fused-ring (bicyclic) bond motifs is 1. The van der Waals surface area contributed by atoms with E-state index in [-0.39, 0.29) is 0 Å². The highest BCUT2D eigenvalue weighted by molar-refractivity contribution is 7.98. The van der Waals surface area contributed by atoms with Gasteiger partial charge in [0.15, 0.2) is 0 Å². The highest BCUT2D eigenvalue weighted by atomic mass is 32.2. The first-order chi connectivity index (χ1) is 6.85. The van der Waals surface area contributed by atoms with Crippen molar-refractivity contribution in [3.8, 4) is 12.3 Å². The zero-order valence-electron chi connectivity index (χ0n) is 8.47. The van der Waals surface area contributed by atoms with Crippen LogP contribution in [0, 0.1) is 12.3 Å². The highest BCUT2D eigenvalue weighted by Gasteiger charge is 2.11. The summed E-state index contributed by atoms with van der Waals surface area (Å²) >= 11 is 1.75. The Morgan fingerprint density at radius 2 is 1.86 bits per heavy atom. The zero-order valence-corrected chi connectivity index (χ0v) is 9.29. The van der Waals surface area contributed by atoms with Crippen LogP contribution >= 0.6 is 11.8 Å². The normalized spacial score (nSPS) is 14.6. The molecule has 72 valence electrons. The Labute approximate surface area is 90.1 Å². The van der Waals surface area contributed by atoms with Gasteiger partial charge in [-0.15, -0.1) is 18.2 Å². The molecule has 0 saturated carbocycles. The van der Waals surface area contributed by atoms with E-state index in [2.05, 4.69) is 24.3 Å². The van der Waals surface area contributed by atoms with Crippen LogP contribution in [0.15, 0.2) is 17.0 Å². The number of thioether (sulfide) groups is 1. The summed E-state index contributed by atoms with van der Waals surface area (Å²) in [4.78, 5) is 1.26. The Kier molecular flexibility index (Phi) is 2.84. The number of hydrogen-bond donors (Lipinski definition) is 0. The van der Waals surface area contributed by atoms with Crippen molar-refractivity contribution in [1.29, 1.82) is 0 Å². The van der Waals surface area contributed by atoms with Gasteiger partial charge in [0.2, 0.25) is 0 Å². The van der Waals surface area contributed by atoms with Crippen molar-refractivity contribution in [2.45, 2.75) is 30.6 Å². The van der Waals surface area contributed by atoms with E-state index in [4.69, 9.17) is 6.42 Å². The monoisotopic (exact) mass is 202 g/mol. The lowest BCUT2D eigenvalue weighted by Gasteiger charge is -2.17. The van der Waals surface area contributed by atoms with Gasteiger partial charge >= 0.3 is 0 Å². The largest absolute Gasteiger partial charge is 0.128 e. The van der Waals surface area contributed by atoms with E-state index >= 15 is 0 Å². The molecule has 1 aromatic carbocycles. The summed E-state index contributed by atoms with van der Waals surface area (Å²) in [6, 6.07) is 4.49. The van der Waals surface area contributed by atoms with Crippen LogP contribution in [0.25, 0.3) is 0 Å². The van der Waals surface area contributed by atoms with E-state index in [1.54, 1.807) is 11.8 Å². The van der Waals surface area contributed by atoms with E-state index in [0.717, 1.165) is 5.56 Å². The summed E-state index contributed by atoms with van der Waals surface area (Å²) in [5.74, 6) is 2.78. The molecule has 0 atom stereocenters. The van der Waals surface area contributed by atoms with Gasteiger partial charge in [-0.3, -0.25) is 0 Å². The van der Waals surface area contributed by atoms with Crippen molar-refractivity contribution in [2.24, 2.45) is 0 Å². The Morgan fingerprint density at radius 3 is 2.43 bits per heavy atom. The molecule has 0 radical (unpaired) electrons. The molecule has 0 bridgehead atoms. The number of hydrogen-bond acceptors (Lipinski definition) is 1. The average molecular weight is 202 g/mol. The molecule has 0 amide bonds. The molecule has 0 aliphatic heterocycles. The van der Waals surface area contributed by atoms with Crippen LogP contribution in [-0.2, 0) is 12.8 Å². The summed E-state index contributed by atoms with van der Waals surface area (Å²) in [7, 11) is 0. The molecule has 1 aromatic rings. The number of aryl methyl sites for hydroxylation is 2. The van der Waals surface area contributed by atoms with Crippen molar-refractivity contribution < 1.29 is 0 Å². The first-order valence-corrected chi connectivity index (χ1v) is 6.24. The van der Waals surface area contributed by atoms with Crippen molar-refractivity contribution >= 4 is 11.8 Å². The molecule has 1 aliphatic rings. The third-order valence-electron chi connectivity index (χ3n) is 2.82.